The lowest BCUT2D eigenvalue weighted by Gasteiger charge is -2.32. The molecular formula is C15H21BrO. The smallest absolute Gasteiger partial charge is 0.0651 e. The molecule has 0 radical (unpaired) electrons. The second-order valence-corrected chi connectivity index (χ2v) is 6.34. The largest absolute Gasteiger partial charge is 0.390 e. The van der Waals surface area contributed by atoms with Crippen LogP contribution in [0.15, 0.2) is 22.7 Å². The fraction of sp³-hybridized carbons (Fsp3) is 0.600. The van der Waals surface area contributed by atoms with Crippen LogP contribution in [0.5, 0.6) is 0 Å². The van der Waals surface area contributed by atoms with Gasteiger partial charge in [0.2, 0.25) is 0 Å². The summed E-state index contributed by atoms with van der Waals surface area (Å²) in [4.78, 5) is 0. The summed E-state index contributed by atoms with van der Waals surface area (Å²) in [5.41, 5.74) is 2.22. The van der Waals surface area contributed by atoms with E-state index in [9.17, 15) is 5.11 Å². The van der Waals surface area contributed by atoms with Gasteiger partial charge in [0.05, 0.1) is 5.60 Å². The number of hydrogen-bond acceptors (Lipinski definition) is 1. The van der Waals surface area contributed by atoms with Gasteiger partial charge in [-0.2, -0.15) is 0 Å². The summed E-state index contributed by atoms with van der Waals surface area (Å²) >= 11 is 3.53. The van der Waals surface area contributed by atoms with Crippen LogP contribution in [0.25, 0.3) is 0 Å². The third-order valence-corrected chi connectivity index (χ3v) is 4.22. The molecule has 0 atom stereocenters. The molecule has 1 saturated carbocycles. The Kier molecular flexibility index (Phi) is 4.26. The van der Waals surface area contributed by atoms with E-state index in [1.54, 1.807) is 0 Å². The Balaban J connectivity index is 1.96. The first-order valence-electron chi connectivity index (χ1n) is 6.56. The molecule has 1 aromatic carbocycles. The molecule has 1 aromatic rings. The van der Waals surface area contributed by atoms with Gasteiger partial charge in [0.15, 0.2) is 0 Å². The van der Waals surface area contributed by atoms with Crippen molar-refractivity contribution in [1.82, 2.24) is 0 Å². The topological polar surface area (TPSA) is 20.2 Å². The molecule has 1 aliphatic carbocycles. The summed E-state index contributed by atoms with van der Waals surface area (Å²) in [6.07, 6.45) is 7.53. The Hall–Kier alpha value is -0.340. The molecule has 0 heterocycles. The van der Waals surface area contributed by atoms with Gasteiger partial charge in [-0.3, -0.25) is 0 Å². The number of benzene rings is 1. The third-order valence-electron chi connectivity index (χ3n) is 3.77. The average molecular weight is 297 g/mol. The van der Waals surface area contributed by atoms with Gasteiger partial charge >= 0.3 is 0 Å². The van der Waals surface area contributed by atoms with Crippen LogP contribution in [-0.4, -0.2) is 10.7 Å². The highest BCUT2D eigenvalue weighted by molar-refractivity contribution is 9.10. The van der Waals surface area contributed by atoms with Crippen LogP contribution in [0, 0.1) is 6.92 Å². The van der Waals surface area contributed by atoms with Crippen molar-refractivity contribution in [2.75, 3.05) is 0 Å². The molecule has 0 saturated heterocycles. The lowest BCUT2D eigenvalue weighted by atomic mass is 9.81. The van der Waals surface area contributed by atoms with Gasteiger partial charge in [0.1, 0.15) is 0 Å². The van der Waals surface area contributed by atoms with Crippen molar-refractivity contribution in [1.29, 1.82) is 0 Å². The van der Waals surface area contributed by atoms with Gasteiger partial charge < -0.3 is 5.11 Å². The number of halogens is 1. The first-order valence-corrected chi connectivity index (χ1v) is 7.35. The Morgan fingerprint density at radius 1 is 1.18 bits per heavy atom. The second kappa shape index (κ2) is 5.53. The third kappa shape index (κ3) is 3.82. The van der Waals surface area contributed by atoms with E-state index in [2.05, 4.69) is 41.1 Å². The zero-order valence-electron chi connectivity index (χ0n) is 10.5. The fourth-order valence-electron chi connectivity index (χ4n) is 2.79. The summed E-state index contributed by atoms with van der Waals surface area (Å²) in [6.45, 7) is 2.11. The van der Waals surface area contributed by atoms with Crippen LogP contribution >= 0.6 is 15.9 Å². The van der Waals surface area contributed by atoms with E-state index >= 15 is 0 Å². The van der Waals surface area contributed by atoms with Gasteiger partial charge in [-0.1, -0.05) is 41.3 Å². The van der Waals surface area contributed by atoms with Crippen LogP contribution in [0.2, 0.25) is 0 Å². The summed E-state index contributed by atoms with van der Waals surface area (Å²) in [7, 11) is 0. The van der Waals surface area contributed by atoms with Crippen molar-refractivity contribution < 1.29 is 5.11 Å². The maximum Gasteiger partial charge on any atom is 0.0651 e. The highest BCUT2D eigenvalue weighted by atomic mass is 79.9. The Bertz CT molecular complexity index is 360. The molecule has 1 fully saturated rings. The number of rotatable bonds is 3. The Morgan fingerprint density at radius 2 is 1.88 bits per heavy atom. The number of aryl methyl sites for hydroxylation is 2. The van der Waals surface area contributed by atoms with Crippen molar-refractivity contribution in [2.45, 2.75) is 57.5 Å². The van der Waals surface area contributed by atoms with E-state index in [1.165, 1.54) is 30.4 Å². The van der Waals surface area contributed by atoms with Gasteiger partial charge in [-0.15, -0.1) is 0 Å². The first-order chi connectivity index (χ1) is 8.07. The van der Waals surface area contributed by atoms with Crippen LogP contribution in [0.3, 0.4) is 0 Å². The molecular weight excluding hydrogens is 276 g/mol. The first kappa shape index (κ1) is 13.1. The van der Waals surface area contributed by atoms with E-state index in [1.807, 2.05) is 0 Å². The number of hydrogen-bond donors (Lipinski definition) is 1. The van der Waals surface area contributed by atoms with E-state index in [0.29, 0.717) is 0 Å². The summed E-state index contributed by atoms with van der Waals surface area (Å²) < 4.78 is 1.14. The quantitative estimate of drug-likeness (QED) is 0.877. The molecule has 0 bridgehead atoms. The highest BCUT2D eigenvalue weighted by Gasteiger charge is 2.28. The minimum atomic E-state index is -0.394. The Morgan fingerprint density at radius 3 is 2.53 bits per heavy atom. The Labute approximate surface area is 112 Å². The normalized spacial score (nSPS) is 19.2. The molecule has 94 valence electrons. The van der Waals surface area contributed by atoms with Gasteiger partial charge in [-0.05, 0) is 55.9 Å². The van der Waals surface area contributed by atoms with E-state index < -0.39 is 5.60 Å². The van der Waals surface area contributed by atoms with Crippen LogP contribution < -0.4 is 0 Å². The lowest BCUT2D eigenvalue weighted by molar-refractivity contribution is -0.00342. The highest BCUT2D eigenvalue weighted by Crippen LogP contribution is 2.32. The van der Waals surface area contributed by atoms with Crippen molar-refractivity contribution in [2.24, 2.45) is 0 Å². The van der Waals surface area contributed by atoms with Crippen LogP contribution in [-0.2, 0) is 6.42 Å². The van der Waals surface area contributed by atoms with Crippen molar-refractivity contribution >= 4 is 15.9 Å². The molecule has 17 heavy (non-hydrogen) atoms. The van der Waals surface area contributed by atoms with E-state index in [-0.39, 0.29) is 0 Å². The minimum Gasteiger partial charge on any atom is -0.390 e. The molecule has 2 rings (SSSR count). The average Bonchev–Trinajstić information content (AvgIpc) is 2.26. The van der Waals surface area contributed by atoms with Crippen molar-refractivity contribution in [3.63, 3.8) is 0 Å². The van der Waals surface area contributed by atoms with Crippen molar-refractivity contribution in [3.8, 4) is 0 Å². The summed E-state index contributed by atoms with van der Waals surface area (Å²) in [6, 6.07) is 6.51. The standard InChI is InChI=1S/C15H21BrO/c1-12-9-13(11-14(16)10-12)5-8-15(17)6-3-2-4-7-15/h9-11,17H,2-8H2,1H3. The molecule has 0 unspecified atom stereocenters. The zero-order chi connectivity index (χ0) is 12.3. The van der Waals surface area contributed by atoms with Gasteiger partial charge in [0.25, 0.3) is 0 Å². The molecule has 2 heteroatoms. The zero-order valence-corrected chi connectivity index (χ0v) is 12.1. The predicted octanol–water partition coefficient (Wildman–Crippen LogP) is 4.39. The minimum absolute atomic E-state index is 0.394. The molecule has 1 nitrogen and oxygen atoms in total. The monoisotopic (exact) mass is 296 g/mol. The molecule has 0 aliphatic heterocycles. The second-order valence-electron chi connectivity index (χ2n) is 5.42. The number of aliphatic hydroxyl groups is 1. The molecule has 0 amide bonds. The molecule has 0 spiro atoms. The molecule has 0 aromatic heterocycles. The maximum absolute atomic E-state index is 10.5. The van der Waals surface area contributed by atoms with Crippen LogP contribution in [0.1, 0.15) is 49.7 Å². The van der Waals surface area contributed by atoms with Crippen molar-refractivity contribution in [3.05, 3.63) is 33.8 Å². The van der Waals surface area contributed by atoms with E-state index in [0.717, 1.165) is 30.2 Å². The molecule has 1 aliphatic rings. The predicted molar refractivity (Wildman–Crippen MR) is 75.2 cm³/mol. The summed E-state index contributed by atoms with van der Waals surface area (Å²) in [5.74, 6) is 0. The summed E-state index contributed by atoms with van der Waals surface area (Å²) in [5, 5.41) is 10.5. The SMILES string of the molecule is Cc1cc(Br)cc(CCC2(O)CCCCC2)c1. The van der Waals surface area contributed by atoms with E-state index in [4.69, 9.17) is 0 Å². The fourth-order valence-corrected chi connectivity index (χ4v) is 3.45. The molecule has 1 N–H and O–H groups in total. The van der Waals surface area contributed by atoms with Gasteiger partial charge in [-0.25, -0.2) is 0 Å². The van der Waals surface area contributed by atoms with Gasteiger partial charge in [0, 0.05) is 4.47 Å². The maximum atomic E-state index is 10.5. The lowest BCUT2D eigenvalue weighted by Crippen LogP contribution is -2.31. The van der Waals surface area contributed by atoms with Crippen LogP contribution in [0.4, 0.5) is 0 Å².